The highest BCUT2D eigenvalue weighted by atomic mass is 16.4. The lowest BCUT2D eigenvalue weighted by Gasteiger charge is -2.13. The summed E-state index contributed by atoms with van der Waals surface area (Å²) in [6.45, 7) is 3.78. The molecule has 0 unspecified atom stereocenters. The molecule has 0 radical (unpaired) electrons. The summed E-state index contributed by atoms with van der Waals surface area (Å²) in [5.74, 6) is -0.335. The Morgan fingerprint density at radius 3 is 2.58 bits per heavy atom. The van der Waals surface area contributed by atoms with Crippen LogP contribution < -0.4 is 32.9 Å². The number of amides is 1. The second kappa shape index (κ2) is 7.64. The van der Waals surface area contributed by atoms with Gasteiger partial charge in [-0.3, -0.25) is 4.79 Å². The molecule has 1 aliphatic rings. The maximum Gasteiger partial charge on any atom is 0.340 e. The highest BCUT2D eigenvalue weighted by Crippen LogP contribution is 2.38. The summed E-state index contributed by atoms with van der Waals surface area (Å²) in [7, 11) is 0. The van der Waals surface area contributed by atoms with E-state index in [-0.39, 0.29) is 12.3 Å². The fraction of sp³-hybridized carbons (Fsp3) is 0.182. The molecule has 0 aliphatic carbocycles. The van der Waals surface area contributed by atoms with E-state index in [0.29, 0.717) is 27.7 Å². The summed E-state index contributed by atoms with van der Waals surface area (Å²) in [5, 5.41) is 4.37. The van der Waals surface area contributed by atoms with Crippen LogP contribution in [0.15, 0.2) is 56.3 Å². The first-order valence-electron chi connectivity index (χ1n) is 9.86. The number of carbonyl (C=O) groups is 1. The van der Waals surface area contributed by atoms with E-state index < -0.39 is 11.9 Å². The third kappa shape index (κ3) is 3.39. The lowest BCUT2D eigenvalue weighted by molar-refractivity contribution is -0.121. The Labute approximate surface area is 176 Å². The van der Waals surface area contributed by atoms with Crippen molar-refractivity contribution in [1.29, 1.82) is 0 Å². The standard InChI is InChI=1S/C22H21N5O4/c1-11-8-16-19(20-18(11)15(10-30-20)13-6-4-3-5-7-13)12(2)14(21(29)31-16)9-17(28)23-22-24-26-27-25-22/h3-8,10,22,24-27H,9H2,1-2H3,(H,23,28). The number of fused-ring (bicyclic) bond motifs is 3. The van der Waals surface area contributed by atoms with Crippen molar-refractivity contribution in [3.63, 3.8) is 0 Å². The first-order valence-corrected chi connectivity index (χ1v) is 9.86. The van der Waals surface area contributed by atoms with Crippen LogP contribution in [0.5, 0.6) is 0 Å². The minimum Gasteiger partial charge on any atom is -0.463 e. The molecule has 0 saturated carbocycles. The number of hydrazine groups is 3. The molecule has 158 valence electrons. The Hall–Kier alpha value is -3.50. The van der Waals surface area contributed by atoms with Crippen molar-refractivity contribution < 1.29 is 13.6 Å². The Kier molecular flexibility index (Phi) is 4.79. The summed E-state index contributed by atoms with van der Waals surface area (Å²) in [4.78, 5) is 25.1. The van der Waals surface area contributed by atoms with Gasteiger partial charge in [0.05, 0.1) is 23.6 Å². The smallest absolute Gasteiger partial charge is 0.340 e. The van der Waals surface area contributed by atoms with Crippen molar-refractivity contribution in [2.45, 2.75) is 26.6 Å². The molecule has 0 atom stereocenters. The molecule has 1 aliphatic heterocycles. The Balaban J connectivity index is 1.63. The SMILES string of the molecule is Cc1cc2oc(=O)c(CC(=O)NC3NNNN3)c(C)c2c2occ(-c3ccccc3)c12. The normalized spacial score (nSPS) is 14.5. The van der Waals surface area contributed by atoms with Gasteiger partial charge in [-0.15, -0.1) is 0 Å². The zero-order valence-electron chi connectivity index (χ0n) is 17.0. The van der Waals surface area contributed by atoms with Crippen LogP contribution in [0.2, 0.25) is 0 Å². The minimum atomic E-state index is -0.530. The zero-order chi connectivity index (χ0) is 21.5. The molecule has 4 aromatic rings. The van der Waals surface area contributed by atoms with Crippen LogP contribution in [0.4, 0.5) is 0 Å². The molecule has 3 heterocycles. The second-order valence-electron chi connectivity index (χ2n) is 7.50. The summed E-state index contributed by atoms with van der Waals surface area (Å²) >= 11 is 0. The van der Waals surface area contributed by atoms with Gasteiger partial charge in [-0.25, -0.2) is 15.6 Å². The van der Waals surface area contributed by atoms with Crippen molar-refractivity contribution >= 4 is 27.8 Å². The Morgan fingerprint density at radius 2 is 1.84 bits per heavy atom. The predicted octanol–water partition coefficient (Wildman–Crippen LogP) is 1.88. The quantitative estimate of drug-likeness (QED) is 0.318. The van der Waals surface area contributed by atoms with Gasteiger partial charge in [0.25, 0.3) is 0 Å². The molecule has 0 bridgehead atoms. The number of aryl methyl sites for hydroxylation is 2. The number of benzene rings is 2. The highest BCUT2D eigenvalue weighted by molar-refractivity contribution is 6.11. The largest absolute Gasteiger partial charge is 0.463 e. The third-order valence-corrected chi connectivity index (χ3v) is 5.51. The van der Waals surface area contributed by atoms with Gasteiger partial charge in [0.2, 0.25) is 5.91 Å². The molecule has 2 aromatic carbocycles. The first kappa shape index (κ1) is 19.5. The van der Waals surface area contributed by atoms with E-state index in [1.54, 1.807) is 6.26 Å². The van der Waals surface area contributed by atoms with E-state index in [9.17, 15) is 9.59 Å². The summed E-state index contributed by atoms with van der Waals surface area (Å²) in [6, 6.07) is 11.8. The van der Waals surface area contributed by atoms with E-state index in [4.69, 9.17) is 8.83 Å². The number of rotatable bonds is 4. The van der Waals surface area contributed by atoms with Crippen molar-refractivity contribution in [2.24, 2.45) is 0 Å². The van der Waals surface area contributed by atoms with E-state index >= 15 is 0 Å². The van der Waals surface area contributed by atoms with Gasteiger partial charge in [0.1, 0.15) is 11.2 Å². The van der Waals surface area contributed by atoms with Crippen LogP contribution in [0.3, 0.4) is 0 Å². The summed E-state index contributed by atoms with van der Waals surface area (Å²) in [5.41, 5.74) is 15.2. The van der Waals surface area contributed by atoms with Gasteiger partial charge >= 0.3 is 5.63 Å². The fourth-order valence-electron chi connectivity index (χ4n) is 4.02. The molecule has 9 nitrogen and oxygen atoms in total. The molecule has 2 aromatic heterocycles. The number of hydrogen-bond donors (Lipinski definition) is 5. The van der Waals surface area contributed by atoms with Gasteiger partial charge in [0.15, 0.2) is 6.29 Å². The number of furan rings is 1. The van der Waals surface area contributed by atoms with E-state index in [1.165, 1.54) is 0 Å². The lowest BCUT2D eigenvalue weighted by Crippen LogP contribution is -2.50. The van der Waals surface area contributed by atoms with Gasteiger partial charge in [-0.2, -0.15) is 11.1 Å². The van der Waals surface area contributed by atoms with Gasteiger partial charge < -0.3 is 14.2 Å². The van der Waals surface area contributed by atoms with Crippen LogP contribution in [0.25, 0.3) is 33.1 Å². The molecule has 5 N–H and O–H groups in total. The fourth-order valence-corrected chi connectivity index (χ4v) is 4.02. The van der Waals surface area contributed by atoms with Crippen LogP contribution in [0.1, 0.15) is 16.7 Å². The average molecular weight is 419 g/mol. The van der Waals surface area contributed by atoms with Crippen LogP contribution in [0, 0.1) is 13.8 Å². The molecule has 1 amide bonds. The van der Waals surface area contributed by atoms with Gasteiger partial charge in [-0.05, 0) is 36.6 Å². The Bertz CT molecular complexity index is 1350. The first-order chi connectivity index (χ1) is 15.0. The number of hydrogen-bond acceptors (Lipinski definition) is 8. The zero-order valence-corrected chi connectivity index (χ0v) is 17.0. The number of nitrogens with one attached hydrogen (secondary N) is 5. The molecule has 1 fully saturated rings. The van der Waals surface area contributed by atoms with Gasteiger partial charge in [-0.1, -0.05) is 30.3 Å². The maximum atomic E-state index is 12.7. The van der Waals surface area contributed by atoms with Crippen molar-refractivity contribution in [2.75, 3.05) is 0 Å². The summed E-state index contributed by atoms with van der Waals surface area (Å²) < 4.78 is 11.6. The third-order valence-electron chi connectivity index (χ3n) is 5.51. The second-order valence-corrected chi connectivity index (χ2v) is 7.50. The molecule has 5 rings (SSSR count). The molecular formula is C22H21N5O4. The maximum absolute atomic E-state index is 12.7. The molecule has 0 spiro atoms. The lowest BCUT2D eigenvalue weighted by atomic mass is 9.96. The van der Waals surface area contributed by atoms with Crippen LogP contribution in [-0.4, -0.2) is 12.2 Å². The number of carbonyl (C=O) groups excluding carboxylic acids is 1. The monoisotopic (exact) mass is 419 g/mol. The average Bonchev–Trinajstić information content (AvgIpc) is 3.42. The molecular weight excluding hydrogens is 398 g/mol. The van der Waals surface area contributed by atoms with Crippen molar-refractivity contribution in [1.82, 2.24) is 27.2 Å². The van der Waals surface area contributed by atoms with Gasteiger partial charge in [0, 0.05) is 10.9 Å². The molecule has 9 heteroatoms. The van der Waals surface area contributed by atoms with E-state index in [2.05, 4.69) is 27.2 Å². The van der Waals surface area contributed by atoms with Crippen LogP contribution >= 0.6 is 0 Å². The predicted molar refractivity (Wildman–Crippen MR) is 115 cm³/mol. The van der Waals surface area contributed by atoms with Crippen molar-refractivity contribution in [3.8, 4) is 11.1 Å². The Morgan fingerprint density at radius 1 is 1.10 bits per heavy atom. The van der Waals surface area contributed by atoms with E-state index in [1.807, 2.05) is 50.2 Å². The molecule has 1 saturated heterocycles. The summed E-state index contributed by atoms with van der Waals surface area (Å²) in [6.07, 6.45) is 1.10. The highest BCUT2D eigenvalue weighted by Gasteiger charge is 2.22. The van der Waals surface area contributed by atoms with Crippen LogP contribution in [-0.2, 0) is 11.2 Å². The minimum absolute atomic E-state index is 0.119. The van der Waals surface area contributed by atoms with Crippen molar-refractivity contribution in [3.05, 3.63) is 69.8 Å². The topological polar surface area (TPSA) is 121 Å². The molecule has 31 heavy (non-hydrogen) atoms. The van der Waals surface area contributed by atoms with E-state index in [0.717, 1.165) is 22.1 Å².